The quantitative estimate of drug-likeness (QED) is 0.270. The van der Waals surface area contributed by atoms with E-state index in [0.717, 1.165) is 40.9 Å². The zero-order valence-corrected chi connectivity index (χ0v) is 25.3. The molecule has 2 amide bonds. The number of benzene rings is 3. The summed E-state index contributed by atoms with van der Waals surface area (Å²) in [5.41, 5.74) is 4.21. The SMILES string of the molecule is COc1ccc(-n2nc(-c3ccccc3)c3c2N(CC(=O)N2CCCC2)C(=O)CSC3c2ccc(OC)c(OC)c2)cc1. The van der Waals surface area contributed by atoms with Crippen molar-refractivity contribution in [3.8, 4) is 34.2 Å². The Balaban J connectivity index is 1.60. The Hall–Kier alpha value is -4.44. The lowest BCUT2D eigenvalue weighted by Crippen LogP contribution is -2.43. The molecule has 9 nitrogen and oxygen atoms in total. The van der Waals surface area contributed by atoms with Crippen molar-refractivity contribution in [2.24, 2.45) is 0 Å². The van der Waals surface area contributed by atoms with E-state index in [9.17, 15) is 9.59 Å². The fraction of sp³-hybridized carbons (Fsp3) is 0.303. The van der Waals surface area contributed by atoms with Crippen molar-refractivity contribution >= 4 is 29.4 Å². The Morgan fingerprint density at radius 2 is 1.63 bits per heavy atom. The highest BCUT2D eigenvalue weighted by Gasteiger charge is 2.38. The molecule has 3 heterocycles. The number of anilines is 1. The summed E-state index contributed by atoms with van der Waals surface area (Å²) in [5.74, 6) is 2.51. The largest absolute Gasteiger partial charge is 0.497 e. The van der Waals surface area contributed by atoms with Crippen LogP contribution in [0.5, 0.6) is 17.2 Å². The number of nitrogens with zero attached hydrogens (tertiary/aromatic N) is 4. The lowest BCUT2D eigenvalue weighted by atomic mass is 9.99. The number of aromatic nitrogens is 2. The number of ether oxygens (including phenoxy) is 3. The third-order valence-electron chi connectivity index (χ3n) is 7.92. The summed E-state index contributed by atoms with van der Waals surface area (Å²) < 4.78 is 18.4. The summed E-state index contributed by atoms with van der Waals surface area (Å²) in [7, 11) is 4.84. The summed E-state index contributed by atoms with van der Waals surface area (Å²) in [6.07, 6.45) is 1.95. The van der Waals surface area contributed by atoms with Crippen LogP contribution in [0.4, 0.5) is 5.82 Å². The molecule has 43 heavy (non-hydrogen) atoms. The standard InChI is InChI=1S/C33H34N4O5S/c1-40-25-14-12-24(13-15-25)37-33-30(31(34-37)22-9-5-4-6-10-22)32(23-11-16-26(41-2)27(19-23)42-3)43-21-29(39)36(33)20-28(38)35-17-7-8-18-35/h4-6,9-16,19,32H,7-8,17-18,20-21H2,1-3H3. The number of rotatable bonds is 8. The van der Waals surface area contributed by atoms with E-state index in [1.165, 1.54) is 11.8 Å². The van der Waals surface area contributed by atoms with Gasteiger partial charge in [0.1, 0.15) is 18.1 Å². The third-order valence-corrected chi connectivity index (χ3v) is 9.17. The lowest BCUT2D eigenvalue weighted by molar-refractivity contribution is -0.130. The van der Waals surface area contributed by atoms with Crippen molar-refractivity contribution in [1.82, 2.24) is 14.7 Å². The van der Waals surface area contributed by atoms with Gasteiger partial charge < -0.3 is 19.1 Å². The minimum absolute atomic E-state index is 0.0544. The first-order valence-corrected chi connectivity index (χ1v) is 15.3. The summed E-state index contributed by atoms with van der Waals surface area (Å²) in [5, 5.41) is 4.87. The van der Waals surface area contributed by atoms with Crippen LogP contribution in [0.25, 0.3) is 16.9 Å². The molecule has 2 aliphatic rings. The first kappa shape index (κ1) is 28.7. The first-order valence-electron chi connectivity index (χ1n) is 14.3. The van der Waals surface area contributed by atoms with E-state index in [1.807, 2.05) is 77.7 Å². The van der Waals surface area contributed by atoms with Crippen LogP contribution in [0.2, 0.25) is 0 Å². The Labute approximate surface area is 255 Å². The molecule has 0 bridgehead atoms. The van der Waals surface area contributed by atoms with Gasteiger partial charge in [-0.1, -0.05) is 36.4 Å². The summed E-state index contributed by atoms with van der Waals surface area (Å²) >= 11 is 1.52. The minimum Gasteiger partial charge on any atom is -0.497 e. The number of hydrogen-bond acceptors (Lipinski definition) is 7. The van der Waals surface area contributed by atoms with Gasteiger partial charge >= 0.3 is 0 Å². The van der Waals surface area contributed by atoms with Crippen molar-refractivity contribution in [3.63, 3.8) is 0 Å². The van der Waals surface area contributed by atoms with Crippen LogP contribution in [0.15, 0.2) is 72.8 Å². The van der Waals surface area contributed by atoms with E-state index in [4.69, 9.17) is 19.3 Å². The van der Waals surface area contributed by atoms with Crippen molar-refractivity contribution in [2.75, 3.05) is 51.6 Å². The predicted molar refractivity (Wildman–Crippen MR) is 168 cm³/mol. The fourth-order valence-electron chi connectivity index (χ4n) is 5.71. The van der Waals surface area contributed by atoms with Gasteiger partial charge in [-0.3, -0.25) is 14.5 Å². The van der Waals surface area contributed by atoms with Gasteiger partial charge in [0.2, 0.25) is 11.8 Å². The molecule has 1 atom stereocenters. The minimum atomic E-state index is -0.284. The molecule has 222 valence electrons. The molecule has 0 saturated carbocycles. The highest BCUT2D eigenvalue weighted by Crippen LogP contribution is 2.49. The van der Waals surface area contributed by atoms with Crippen LogP contribution >= 0.6 is 11.8 Å². The molecule has 0 radical (unpaired) electrons. The summed E-state index contributed by atoms with van der Waals surface area (Å²) in [6.45, 7) is 1.37. The maximum atomic E-state index is 14.0. The second-order valence-corrected chi connectivity index (χ2v) is 11.5. The van der Waals surface area contributed by atoms with Gasteiger partial charge in [0.25, 0.3) is 0 Å². The second-order valence-electron chi connectivity index (χ2n) is 10.4. The molecule has 1 aromatic heterocycles. The van der Waals surface area contributed by atoms with Gasteiger partial charge in [-0.15, -0.1) is 11.8 Å². The molecule has 0 N–H and O–H groups in total. The maximum absolute atomic E-state index is 14.0. The van der Waals surface area contributed by atoms with Crippen molar-refractivity contribution in [1.29, 1.82) is 0 Å². The average molecular weight is 599 g/mol. The maximum Gasteiger partial charge on any atom is 0.242 e. The molecule has 3 aromatic carbocycles. The van der Waals surface area contributed by atoms with Gasteiger partial charge in [0, 0.05) is 24.2 Å². The number of fused-ring (bicyclic) bond motifs is 1. The fourth-order valence-corrected chi connectivity index (χ4v) is 6.90. The van der Waals surface area contributed by atoms with Crippen LogP contribution in [-0.2, 0) is 9.59 Å². The van der Waals surface area contributed by atoms with E-state index < -0.39 is 0 Å². The first-order chi connectivity index (χ1) is 21.0. The molecule has 10 heteroatoms. The number of carbonyl (C=O) groups is 2. The zero-order valence-electron chi connectivity index (χ0n) is 24.5. The average Bonchev–Trinajstić information content (AvgIpc) is 3.71. The highest BCUT2D eigenvalue weighted by molar-refractivity contribution is 8.00. The van der Waals surface area contributed by atoms with Crippen LogP contribution in [-0.4, -0.2) is 73.2 Å². The molecular weight excluding hydrogens is 564 g/mol. The Morgan fingerprint density at radius 1 is 0.907 bits per heavy atom. The topological polar surface area (TPSA) is 86.1 Å². The zero-order chi connectivity index (χ0) is 29.9. The Kier molecular flexibility index (Phi) is 8.29. The van der Waals surface area contributed by atoms with E-state index in [0.29, 0.717) is 36.2 Å². The van der Waals surface area contributed by atoms with Crippen molar-refractivity contribution in [2.45, 2.75) is 18.1 Å². The van der Waals surface area contributed by atoms with Gasteiger partial charge in [-0.05, 0) is 54.8 Å². The molecule has 0 aliphatic carbocycles. The van der Waals surface area contributed by atoms with Gasteiger partial charge in [-0.2, -0.15) is 5.10 Å². The van der Waals surface area contributed by atoms with E-state index >= 15 is 0 Å². The molecule has 1 unspecified atom stereocenters. The summed E-state index contributed by atoms with van der Waals surface area (Å²) in [6, 6.07) is 23.3. The lowest BCUT2D eigenvalue weighted by Gasteiger charge is -2.25. The number of thioether (sulfide) groups is 1. The van der Waals surface area contributed by atoms with E-state index in [1.54, 1.807) is 30.9 Å². The van der Waals surface area contributed by atoms with Crippen LogP contribution in [0.1, 0.15) is 29.2 Å². The number of likely N-dealkylation sites (tertiary alicyclic amines) is 1. The van der Waals surface area contributed by atoms with Crippen LogP contribution < -0.4 is 19.1 Å². The Morgan fingerprint density at radius 3 is 2.30 bits per heavy atom. The number of amides is 2. The second kappa shape index (κ2) is 12.4. The van der Waals surface area contributed by atoms with Crippen LogP contribution in [0.3, 0.4) is 0 Å². The number of hydrogen-bond donors (Lipinski definition) is 0. The number of carbonyl (C=O) groups excluding carboxylic acids is 2. The van der Waals surface area contributed by atoms with Crippen molar-refractivity contribution in [3.05, 3.63) is 83.9 Å². The van der Waals surface area contributed by atoms with E-state index in [-0.39, 0.29) is 29.4 Å². The van der Waals surface area contributed by atoms with Gasteiger partial charge in [0.05, 0.1) is 43.7 Å². The number of methoxy groups -OCH3 is 3. The van der Waals surface area contributed by atoms with Crippen LogP contribution in [0, 0.1) is 0 Å². The summed E-state index contributed by atoms with van der Waals surface area (Å²) in [4.78, 5) is 31.0. The molecular formula is C33H34N4O5S. The molecule has 2 aliphatic heterocycles. The third kappa shape index (κ3) is 5.54. The van der Waals surface area contributed by atoms with Crippen molar-refractivity contribution < 1.29 is 23.8 Å². The Bertz CT molecular complexity index is 1620. The monoisotopic (exact) mass is 598 g/mol. The molecule has 1 saturated heterocycles. The predicted octanol–water partition coefficient (Wildman–Crippen LogP) is 5.36. The normalized spacial score (nSPS) is 16.5. The molecule has 4 aromatic rings. The highest BCUT2D eigenvalue weighted by atomic mass is 32.2. The van der Waals surface area contributed by atoms with Gasteiger partial charge in [0.15, 0.2) is 11.5 Å². The molecule has 1 fully saturated rings. The molecule has 6 rings (SSSR count). The molecule has 0 spiro atoms. The van der Waals surface area contributed by atoms with Gasteiger partial charge in [-0.25, -0.2) is 4.68 Å². The van der Waals surface area contributed by atoms with E-state index in [2.05, 4.69) is 0 Å². The smallest absolute Gasteiger partial charge is 0.242 e.